The molecule has 1 aliphatic heterocycles. The maximum atomic E-state index is 12.9. The van der Waals surface area contributed by atoms with Crippen LogP contribution in [-0.2, 0) is 14.8 Å². The van der Waals surface area contributed by atoms with Gasteiger partial charge in [-0.3, -0.25) is 4.79 Å². The first-order valence-electron chi connectivity index (χ1n) is 12.0. The Kier molecular flexibility index (Phi) is 6.65. The van der Waals surface area contributed by atoms with Crippen molar-refractivity contribution in [1.82, 2.24) is 29.2 Å². The van der Waals surface area contributed by atoms with Gasteiger partial charge in [-0.15, -0.1) is 10.2 Å². The highest BCUT2D eigenvalue weighted by Crippen LogP contribution is 2.27. The monoisotopic (exact) mass is 520 g/mol. The molecule has 2 aromatic heterocycles. The zero-order valence-corrected chi connectivity index (χ0v) is 21.8. The molecule has 4 aromatic rings. The highest BCUT2D eigenvalue weighted by molar-refractivity contribution is 7.89. The van der Waals surface area contributed by atoms with Crippen LogP contribution in [0, 0.1) is 20.8 Å². The van der Waals surface area contributed by atoms with Crippen LogP contribution >= 0.6 is 0 Å². The summed E-state index contributed by atoms with van der Waals surface area (Å²) in [5.74, 6) is 0.612. The summed E-state index contributed by atoms with van der Waals surface area (Å²) in [5.41, 5.74) is 2.80. The topological polar surface area (TPSA) is 111 Å². The van der Waals surface area contributed by atoms with E-state index in [1.54, 1.807) is 33.8 Å². The third kappa shape index (κ3) is 4.92. The van der Waals surface area contributed by atoms with Crippen molar-refractivity contribution in [3.63, 3.8) is 0 Å². The minimum absolute atomic E-state index is 0.220. The largest absolute Gasteiger partial charge is 0.466 e. The van der Waals surface area contributed by atoms with Crippen molar-refractivity contribution in [2.75, 3.05) is 32.8 Å². The van der Waals surface area contributed by atoms with E-state index in [-0.39, 0.29) is 49.5 Å². The number of benzene rings is 2. The second-order valence-corrected chi connectivity index (χ2v) is 11.0. The van der Waals surface area contributed by atoms with E-state index >= 15 is 0 Å². The summed E-state index contributed by atoms with van der Waals surface area (Å²) in [6.07, 6.45) is 0. The number of hydrogen-bond acceptors (Lipinski definition) is 7. The van der Waals surface area contributed by atoms with Crippen molar-refractivity contribution in [1.29, 1.82) is 0 Å². The lowest BCUT2D eigenvalue weighted by Crippen LogP contribution is -2.51. The van der Waals surface area contributed by atoms with Gasteiger partial charge in [-0.25, -0.2) is 13.1 Å². The lowest BCUT2D eigenvalue weighted by atomic mass is 10.2. The van der Waals surface area contributed by atoms with E-state index in [2.05, 4.69) is 15.3 Å². The number of ether oxygens (including phenoxy) is 1. The Bertz CT molecular complexity index is 1560. The number of carbonyl (C=O) groups is 1. The SMILES string of the molecule is Cc1ccc(S(=O)(=O)N2CCN(C(=O)COc3nnc(-n4nc(C)cc4C)c4ccccc34)CC2)cc1. The molecule has 192 valence electrons. The Labute approximate surface area is 215 Å². The van der Waals surface area contributed by atoms with Crippen molar-refractivity contribution in [2.24, 2.45) is 0 Å². The van der Waals surface area contributed by atoms with E-state index in [4.69, 9.17) is 4.74 Å². The average Bonchev–Trinajstić information content (AvgIpc) is 3.24. The highest BCUT2D eigenvalue weighted by atomic mass is 32.2. The zero-order valence-electron chi connectivity index (χ0n) is 21.0. The van der Waals surface area contributed by atoms with Gasteiger partial charge in [-0.05, 0) is 45.0 Å². The Balaban J connectivity index is 1.25. The van der Waals surface area contributed by atoms with E-state index in [9.17, 15) is 13.2 Å². The number of aryl methyl sites for hydroxylation is 3. The Morgan fingerprint density at radius 3 is 2.24 bits per heavy atom. The van der Waals surface area contributed by atoms with Gasteiger partial charge in [-0.2, -0.15) is 9.40 Å². The van der Waals surface area contributed by atoms with Crippen molar-refractivity contribution in [3.8, 4) is 11.7 Å². The lowest BCUT2D eigenvalue weighted by Gasteiger charge is -2.33. The van der Waals surface area contributed by atoms with Crippen LogP contribution in [0.1, 0.15) is 17.0 Å². The van der Waals surface area contributed by atoms with Gasteiger partial charge in [-0.1, -0.05) is 35.9 Å². The molecular formula is C26H28N6O4S. The molecule has 5 rings (SSSR count). The highest BCUT2D eigenvalue weighted by Gasteiger charge is 2.30. The van der Waals surface area contributed by atoms with Crippen molar-refractivity contribution >= 4 is 26.7 Å². The Morgan fingerprint density at radius 1 is 0.919 bits per heavy atom. The predicted octanol–water partition coefficient (Wildman–Crippen LogP) is 2.65. The van der Waals surface area contributed by atoms with Gasteiger partial charge in [0, 0.05) is 42.6 Å². The summed E-state index contributed by atoms with van der Waals surface area (Å²) in [7, 11) is -3.60. The number of fused-ring (bicyclic) bond motifs is 1. The summed E-state index contributed by atoms with van der Waals surface area (Å²) in [4.78, 5) is 14.7. The maximum absolute atomic E-state index is 12.9. The molecular weight excluding hydrogens is 492 g/mol. The van der Waals surface area contributed by atoms with E-state index in [1.807, 2.05) is 51.1 Å². The number of rotatable bonds is 6. The smallest absolute Gasteiger partial charge is 0.260 e. The molecule has 1 aliphatic rings. The predicted molar refractivity (Wildman–Crippen MR) is 138 cm³/mol. The molecule has 0 aliphatic carbocycles. The van der Waals surface area contributed by atoms with Gasteiger partial charge in [0.05, 0.1) is 10.6 Å². The van der Waals surface area contributed by atoms with Crippen molar-refractivity contribution < 1.29 is 17.9 Å². The van der Waals surface area contributed by atoms with Crippen LogP contribution in [0.15, 0.2) is 59.5 Å². The van der Waals surface area contributed by atoms with Gasteiger partial charge in [0.2, 0.25) is 15.9 Å². The first-order chi connectivity index (χ1) is 17.7. The van der Waals surface area contributed by atoms with Crippen LogP contribution in [0.4, 0.5) is 0 Å². The first kappa shape index (κ1) is 24.8. The fourth-order valence-electron chi connectivity index (χ4n) is 4.43. The molecule has 0 radical (unpaired) electrons. The van der Waals surface area contributed by atoms with E-state index in [0.717, 1.165) is 27.7 Å². The molecule has 1 amide bonds. The van der Waals surface area contributed by atoms with Crippen LogP contribution in [0.2, 0.25) is 0 Å². The second-order valence-electron chi connectivity index (χ2n) is 9.10. The fraction of sp³-hybridized carbons (Fsp3) is 0.308. The molecule has 1 fully saturated rings. The standard InChI is InChI=1S/C26H28N6O4S/c1-18-8-10-21(11-9-18)37(34,35)31-14-12-30(13-15-31)24(33)17-36-26-23-7-5-4-6-22(23)25(27-28-26)32-20(3)16-19(2)29-32/h4-11,16H,12-15,17H2,1-3H3. The number of amides is 1. The van der Waals surface area contributed by atoms with Crippen molar-refractivity contribution in [2.45, 2.75) is 25.7 Å². The van der Waals surface area contributed by atoms with E-state index in [1.165, 1.54) is 4.31 Å². The number of aromatic nitrogens is 4. The second kappa shape index (κ2) is 9.91. The summed E-state index contributed by atoms with van der Waals surface area (Å²) >= 11 is 0. The normalized spacial score (nSPS) is 14.7. The third-order valence-electron chi connectivity index (χ3n) is 6.43. The molecule has 3 heterocycles. The molecule has 37 heavy (non-hydrogen) atoms. The summed E-state index contributed by atoms with van der Waals surface area (Å²) in [6, 6.07) is 16.3. The van der Waals surface area contributed by atoms with Crippen LogP contribution in [0.25, 0.3) is 16.6 Å². The molecule has 0 spiro atoms. The molecule has 0 bridgehead atoms. The van der Waals surface area contributed by atoms with Crippen LogP contribution in [-0.4, -0.2) is 76.3 Å². The lowest BCUT2D eigenvalue weighted by molar-refractivity contribution is -0.134. The fourth-order valence-corrected chi connectivity index (χ4v) is 5.85. The number of sulfonamides is 1. The van der Waals surface area contributed by atoms with E-state index in [0.29, 0.717) is 5.82 Å². The van der Waals surface area contributed by atoms with Crippen molar-refractivity contribution in [3.05, 3.63) is 71.5 Å². The molecule has 0 saturated carbocycles. The molecule has 11 heteroatoms. The van der Waals surface area contributed by atoms with Crippen LogP contribution in [0.5, 0.6) is 5.88 Å². The number of carbonyl (C=O) groups excluding carboxylic acids is 1. The summed E-state index contributed by atoms with van der Waals surface area (Å²) in [6.45, 7) is 6.58. The minimum atomic E-state index is -3.60. The molecule has 0 unspecified atom stereocenters. The van der Waals surface area contributed by atoms with Crippen LogP contribution < -0.4 is 4.74 Å². The van der Waals surface area contributed by atoms with E-state index < -0.39 is 10.0 Å². The number of hydrogen-bond donors (Lipinski definition) is 0. The zero-order chi connectivity index (χ0) is 26.2. The van der Waals surface area contributed by atoms with Crippen LogP contribution in [0.3, 0.4) is 0 Å². The third-order valence-corrected chi connectivity index (χ3v) is 8.34. The maximum Gasteiger partial charge on any atom is 0.260 e. The summed E-state index contributed by atoms with van der Waals surface area (Å²) in [5, 5.41) is 14.6. The van der Waals surface area contributed by atoms with Gasteiger partial charge < -0.3 is 9.64 Å². The molecule has 0 N–H and O–H groups in total. The Hall–Kier alpha value is -3.83. The molecule has 10 nitrogen and oxygen atoms in total. The van der Waals surface area contributed by atoms with Gasteiger partial charge in [0.25, 0.3) is 5.91 Å². The first-order valence-corrected chi connectivity index (χ1v) is 13.4. The van der Waals surface area contributed by atoms with Gasteiger partial charge >= 0.3 is 0 Å². The number of nitrogens with zero attached hydrogens (tertiary/aromatic N) is 6. The molecule has 0 atom stereocenters. The molecule has 2 aromatic carbocycles. The Morgan fingerprint density at radius 2 is 1.59 bits per heavy atom. The number of piperazine rings is 1. The molecule has 1 saturated heterocycles. The van der Waals surface area contributed by atoms with Gasteiger partial charge in [0.1, 0.15) is 0 Å². The van der Waals surface area contributed by atoms with Gasteiger partial charge in [0.15, 0.2) is 12.4 Å². The minimum Gasteiger partial charge on any atom is -0.466 e. The quantitative estimate of drug-likeness (QED) is 0.384. The summed E-state index contributed by atoms with van der Waals surface area (Å²) < 4.78 is 34.8. The average molecular weight is 521 g/mol.